The lowest BCUT2D eigenvalue weighted by Crippen LogP contribution is -2.38. The van der Waals surface area contributed by atoms with Gasteiger partial charge in [0.2, 0.25) is 5.91 Å². The first-order chi connectivity index (χ1) is 17.1. The molecule has 1 saturated heterocycles. The highest BCUT2D eigenvalue weighted by atomic mass is 32.1. The number of morpholine rings is 1. The number of thiophene rings is 1. The summed E-state index contributed by atoms with van der Waals surface area (Å²) in [7, 11) is 0. The predicted octanol–water partition coefficient (Wildman–Crippen LogP) is 4.58. The molecule has 2 N–H and O–H groups in total. The van der Waals surface area contributed by atoms with Crippen LogP contribution in [0.15, 0.2) is 53.9 Å². The standard InChI is InChI=1S/C27H27N3O4S/c1-18(31)28-20-5-6-21-22(27(32)29-24(21)17-20)15-19-4-7-25(23(16-19)26-3-2-14-35-26)34-13-10-30-8-11-33-12-9-30/h2-7,14-17H,8-13H2,1H3,(H,28,31)(H,29,32)/b22-15-. The van der Waals surface area contributed by atoms with Crippen molar-refractivity contribution in [2.24, 2.45) is 0 Å². The summed E-state index contributed by atoms with van der Waals surface area (Å²) in [6.45, 7) is 6.33. The Labute approximate surface area is 208 Å². The van der Waals surface area contributed by atoms with Crippen LogP contribution < -0.4 is 15.4 Å². The minimum absolute atomic E-state index is 0.154. The Kier molecular flexibility index (Phi) is 6.94. The number of anilines is 2. The van der Waals surface area contributed by atoms with Crippen molar-refractivity contribution in [3.8, 4) is 16.2 Å². The molecule has 3 aromatic rings. The van der Waals surface area contributed by atoms with E-state index in [-0.39, 0.29) is 11.8 Å². The molecule has 7 nitrogen and oxygen atoms in total. The maximum atomic E-state index is 12.7. The molecule has 0 unspecified atom stereocenters. The molecular formula is C27H27N3O4S. The third kappa shape index (κ3) is 5.45. The molecule has 0 aliphatic carbocycles. The van der Waals surface area contributed by atoms with Gasteiger partial charge >= 0.3 is 0 Å². The average molecular weight is 490 g/mol. The largest absolute Gasteiger partial charge is 0.492 e. The number of nitrogens with one attached hydrogen (secondary N) is 2. The minimum atomic E-state index is -0.163. The highest BCUT2D eigenvalue weighted by molar-refractivity contribution is 7.13. The number of carbonyl (C=O) groups is 2. The predicted molar refractivity (Wildman–Crippen MR) is 140 cm³/mol. The third-order valence-electron chi connectivity index (χ3n) is 5.99. The van der Waals surface area contributed by atoms with Gasteiger partial charge in [0.25, 0.3) is 5.91 Å². The van der Waals surface area contributed by atoms with Gasteiger partial charge in [0.1, 0.15) is 12.4 Å². The fourth-order valence-corrected chi connectivity index (χ4v) is 5.03. The summed E-state index contributed by atoms with van der Waals surface area (Å²) in [5.41, 5.74) is 4.67. The van der Waals surface area contributed by atoms with Gasteiger partial charge in [-0.25, -0.2) is 0 Å². The Hall–Kier alpha value is -3.46. The molecule has 1 aromatic heterocycles. The molecule has 2 amide bonds. The second kappa shape index (κ2) is 10.4. The first-order valence-electron chi connectivity index (χ1n) is 11.6. The summed E-state index contributed by atoms with van der Waals surface area (Å²) in [5.74, 6) is 0.515. The topological polar surface area (TPSA) is 79.9 Å². The van der Waals surface area contributed by atoms with E-state index in [1.165, 1.54) is 6.92 Å². The molecule has 2 aliphatic heterocycles. The van der Waals surface area contributed by atoms with Crippen molar-refractivity contribution in [3.63, 3.8) is 0 Å². The first kappa shape index (κ1) is 23.3. The van der Waals surface area contributed by atoms with Crippen LogP contribution in [0.3, 0.4) is 0 Å². The van der Waals surface area contributed by atoms with Gasteiger partial charge in [-0.1, -0.05) is 18.2 Å². The molecule has 0 spiro atoms. The number of hydrogen-bond donors (Lipinski definition) is 2. The quantitative estimate of drug-likeness (QED) is 0.475. The number of rotatable bonds is 7. The van der Waals surface area contributed by atoms with Crippen LogP contribution >= 0.6 is 11.3 Å². The van der Waals surface area contributed by atoms with Crippen LogP contribution in [0.1, 0.15) is 18.1 Å². The van der Waals surface area contributed by atoms with Crippen LogP contribution in [0.5, 0.6) is 5.75 Å². The molecule has 2 aromatic carbocycles. The molecule has 5 rings (SSSR count). The smallest absolute Gasteiger partial charge is 0.256 e. The summed E-state index contributed by atoms with van der Waals surface area (Å²) < 4.78 is 11.6. The number of nitrogens with zero attached hydrogens (tertiary/aromatic N) is 1. The van der Waals surface area contributed by atoms with Crippen molar-refractivity contribution in [2.45, 2.75) is 6.92 Å². The van der Waals surface area contributed by atoms with Crippen LogP contribution in [0, 0.1) is 0 Å². The zero-order chi connectivity index (χ0) is 24.2. The molecule has 180 valence electrons. The molecule has 35 heavy (non-hydrogen) atoms. The van der Waals surface area contributed by atoms with E-state index >= 15 is 0 Å². The lowest BCUT2D eigenvalue weighted by molar-refractivity contribution is -0.114. The van der Waals surface area contributed by atoms with Crippen LogP contribution in [-0.2, 0) is 14.3 Å². The third-order valence-corrected chi connectivity index (χ3v) is 6.90. The highest BCUT2D eigenvalue weighted by Gasteiger charge is 2.24. The molecule has 0 radical (unpaired) electrons. The number of carbonyl (C=O) groups excluding carboxylic acids is 2. The summed E-state index contributed by atoms with van der Waals surface area (Å²) in [6, 6.07) is 15.6. The lowest BCUT2D eigenvalue weighted by Gasteiger charge is -2.26. The molecule has 8 heteroatoms. The van der Waals surface area contributed by atoms with Gasteiger partial charge in [-0.05, 0) is 47.4 Å². The minimum Gasteiger partial charge on any atom is -0.492 e. The van der Waals surface area contributed by atoms with Gasteiger partial charge in [0.15, 0.2) is 0 Å². The molecule has 3 heterocycles. The fraction of sp³-hybridized carbons (Fsp3) is 0.259. The summed E-state index contributed by atoms with van der Waals surface area (Å²) in [4.78, 5) is 27.6. The Balaban J connectivity index is 1.39. The van der Waals surface area contributed by atoms with Gasteiger partial charge in [-0.3, -0.25) is 14.5 Å². The van der Waals surface area contributed by atoms with E-state index in [1.807, 2.05) is 35.7 Å². The number of hydrogen-bond acceptors (Lipinski definition) is 6. The van der Waals surface area contributed by atoms with Crippen molar-refractivity contribution in [2.75, 3.05) is 50.1 Å². The summed E-state index contributed by atoms with van der Waals surface area (Å²) in [6.07, 6.45) is 1.90. The molecule has 0 bridgehead atoms. The number of benzene rings is 2. The van der Waals surface area contributed by atoms with Crippen molar-refractivity contribution in [1.29, 1.82) is 0 Å². The Bertz CT molecular complexity index is 1260. The molecule has 0 atom stereocenters. The maximum absolute atomic E-state index is 12.7. The van der Waals surface area contributed by atoms with Crippen LogP contribution in [0.4, 0.5) is 11.4 Å². The van der Waals surface area contributed by atoms with Gasteiger partial charge in [0, 0.05) is 53.8 Å². The zero-order valence-electron chi connectivity index (χ0n) is 19.5. The normalized spacial score (nSPS) is 16.7. The van der Waals surface area contributed by atoms with Gasteiger partial charge < -0.3 is 20.1 Å². The molecule has 0 saturated carbocycles. The average Bonchev–Trinajstić information content (AvgIpc) is 3.48. The zero-order valence-corrected chi connectivity index (χ0v) is 20.3. The number of fused-ring (bicyclic) bond motifs is 1. The first-order valence-corrected chi connectivity index (χ1v) is 12.5. The summed E-state index contributed by atoms with van der Waals surface area (Å²) >= 11 is 1.66. The number of ether oxygens (including phenoxy) is 2. The van der Waals surface area contributed by atoms with Gasteiger partial charge in [0.05, 0.1) is 18.9 Å². The van der Waals surface area contributed by atoms with Crippen LogP contribution in [0.2, 0.25) is 0 Å². The second-order valence-corrected chi connectivity index (χ2v) is 9.44. The monoisotopic (exact) mass is 489 g/mol. The van der Waals surface area contributed by atoms with E-state index in [0.29, 0.717) is 23.6 Å². The Morgan fingerprint density at radius 3 is 2.80 bits per heavy atom. The second-order valence-electron chi connectivity index (χ2n) is 8.49. The van der Waals surface area contributed by atoms with Crippen molar-refractivity contribution in [3.05, 3.63) is 65.0 Å². The summed E-state index contributed by atoms with van der Waals surface area (Å²) in [5, 5.41) is 7.70. The Morgan fingerprint density at radius 1 is 1.17 bits per heavy atom. The van der Waals surface area contributed by atoms with Crippen LogP contribution in [-0.4, -0.2) is 56.2 Å². The van der Waals surface area contributed by atoms with E-state index in [0.717, 1.165) is 60.2 Å². The molecular weight excluding hydrogens is 462 g/mol. The molecule has 2 aliphatic rings. The Morgan fingerprint density at radius 2 is 2.03 bits per heavy atom. The SMILES string of the molecule is CC(=O)Nc1ccc2c(c1)NC(=O)/C2=C\c1ccc(OCCN2CCOCC2)c(-c2cccs2)c1. The molecule has 1 fully saturated rings. The van der Waals surface area contributed by atoms with Crippen molar-refractivity contribution in [1.82, 2.24) is 4.90 Å². The van der Waals surface area contributed by atoms with E-state index in [4.69, 9.17) is 9.47 Å². The van der Waals surface area contributed by atoms with Crippen molar-refractivity contribution < 1.29 is 19.1 Å². The van der Waals surface area contributed by atoms with E-state index < -0.39 is 0 Å². The fourth-order valence-electron chi connectivity index (χ4n) is 4.28. The maximum Gasteiger partial charge on any atom is 0.256 e. The number of amides is 2. The van der Waals surface area contributed by atoms with E-state index in [9.17, 15) is 9.59 Å². The van der Waals surface area contributed by atoms with Crippen molar-refractivity contribution >= 4 is 46.2 Å². The van der Waals surface area contributed by atoms with Gasteiger partial charge in [-0.2, -0.15) is 0 Å². The lowest BCUT2D eigenvalue weighted by atomic mass is 10.0. The van der Waals surface area contributed by atoms with Gasteiger partial charge in [-0.15, -0.1) is 11.3 Å². The van der Waals surface area contributed by atoms with E-state index in [2.05, 4.69) is 27.7 Å². The highest BCUT2D eigenvalue weighted by Crippen LogP contribution is 2.38. The van der Waals surface area contributed by atoms with Crippen LogP contribution in [0.25, 0.3) is 22.1 Å². The van der Waals surface area contributed by atoms with E-state index in [1.54, 1.807) is 23.5 Å².